The number of rotatable bonds is 10. The topological polar surface area (TPSA) is 88.4 Å². The van der Waals surface area contributed by atoms with Crippen molar-refractivity contribution in [1.29, 1.82) is 0 Å². The second kappa shape index (κ2) is 14.9. The van der Waals surface area contributed by atoms with Gasteiger partial charge in [0.15, 0.2) is 16.3 Å². The van der Waals surface area contributed by atoms with E-state index in [2.05, 4.69) is 54.5 Å². The highest BCUT2D eigenvalue weighted by Gasteiger charge is 2.34. The van der Waals surface area contributed by atoms with Crippen LogP contribution < -0.4 is 29.1 Å². The maximum Gasteiger partial charge on any atom is 0.338 e. The molecule has 0 N–H and O–H groups in total. The van der Waals surface area contributed by atoms with Gasteiger partial charge in [0.2, 0.25) is 0 Å². The number of aromatic nitrogens is 1. The Morgan fingerprint density at radius 2 is 1.83 bits per heavy atom. The summed E-state index contributed by atoms with van der Waals surface area (Å²) in [4.78, 5) is 32.8. The van der Waals surface area contributed by atoms with Crippen LogP contribution >= 0.6 is 65.8 Å². The first-order valence-corrected chi connectivity index (χ1v) is 17.9. The van der Waals surface area contributed by atoms with E-state index in [1.165, 1.54) is 11.3 Å². The van der Waals surface area contributed by atoms with Crippen LogP contribution in [0, 0.1) is 3.57 Å². The quantitative estimate of drug-likeness (QED) is 0.123. The zero-order valence-electron chi connectivity index (χ0n) is 25.7. The molecule has 0 fully saturated rings. The predicted octanol–water partition coefficient (Wildman–Crippen LogP) is 7.30. The summed E-state index contributed by atoms with van der Waals surface area (Å²) < 4.78 is 28.1. The SMILES string of the molecule is CCOC(=O)C1=C(C)N=c2s/c(=C/c3cc(Br)cc(I)c3OCc3ccc(Br)cc3)c(=O)n2[C@@H]1c1ccc(OC(C)C)c(OC)c1. The molecule has 0 unspecified atom stereocenters. The first-order valence-electron chi connectivity index (χ1n) is 14.4. The maximum atomic E-state index is 14.3. The van der Waals surface area contributed by atoms with Crippen LogP contribution in [0.2, 0.25) is 0 Å². The third-order valence-electron chi connectivity index (χ3n) is 7.00. The minimum Gasteiger partial charge on any atom is -0.493 e. The molecular formula is C34H31Br2IN2O6S. The zero-order valence-corrected chi connectivity index (χ0v) is 31.9. The smallest absolute Gasteiger partial charge is 0.338 e. The Morgan fingerprint density at radius 3 is 2.50 bits per heavy atom. The van der Waals surface area contributed by atoms with Crippen molar-refractivity contribution in [3.05, 3.63) is 115 Å². The Morgan fingerprint density at radius 1 is 1.09 bits per heavy atom. The van der Waals surface area contributed by atoms with Crippen molar-refractivity contribution in [2.45, 2.75) is 46.4 Å². The number of nitrogens with zero attached hydrogens (tertiary/aromatic N) is 2. The fourth-order valence-corrected chi connectivity index (χ4v) is 8.04. The molecule has 12 heteroatoms. The lowest BCUT2D eigenvalue weighted by Gasteiger charge is -2.25. The van der Waals surface area contributed by atoms with Gasteiger partial charge in [-0.3, -0.25) is 9.36 Å². The summed E-state index contributed by atoms with van der Waals surface area (Å²) in [5.74, 6) is 1.17. The van der Waals surface area contributed by atoms with Gasteiger partial charge in [0.25, 0.3) is 5.56 Å². The van der Waals surface area contributed by atoms with E-state index in [1.807, 2.05) is 62.4 Å². The molecule has 0 amide bonds. The number of hydrogen-bond donors (Lipinski definition) is 0. The normalized spacial score (nSPS) is 14.6. The van der Waals surface area contributed by atoms with Crippen molar-refractivity contribution in [3.8, 4) is 17.2 Å². The first kappa shape index (κ1) is 34.4. The van der Waals surface area contributed by atoms with Gasteiger partial charge in [-0.25, -0.2) is 9.79 Å². The van der Waals surface area contributed by atoms with Crippen LogP contribution in [0.1, 0.15) is 50.4 Å². The predicted molar refractivity (Wildman–Crippen MR) is 194 cm³/mol. The number of halogens is 3. The molecule has 46 heavy (non-hydrogen) atoms. The average molecular weight is 882 g/mol. The highest BCUT2D eigenvalue weighted by Crippen LogP contribution is 2.37. The number of fused-ring (bicyclic) bond motifs is 1. The highest BCUT2D eigenvalue weighted by atomic mass is 127. The molecule has 0 radical (unpaired) electrons. The molecular weight excluding hydrogens is 851 g/mol. The van der Waals surface area contributed by atoms with E-state index >= 15 is 0 Å². The van der Waals surface area contributed by atoms with Gasteiger partial charge < -0.3 is 18.9 Å². The van der Waals surface area contributed by atoms with Gasteiger partial charge in [0.1, 0.15) is 12.4 Å². The minimum absolute atomic E-state index is 0.0699. The lowest BCUT2D eigenvalue weighted by Crippen LogP contribution is -2.40. The largest absolute Gasteiger partial charge is 0.493 e. The van der Waals surface area contributed by atoms with Crippen molar-refractivity contribution in [1.82, 2.24) is 4.57 Å². The van der Waals surface area contributed by atoms with E-state index in [1.54, 1.807) is 37.7 Å². The summed E-state index contributed by atoms with van der Waals surface area (Å²) in [7, 11) is 1.56. The Kier molecular flexibility index (Phi) is 11.1. The Labute approximate surface area is 301 Å². The van der Waals surface area contributed by atoms with Crippen LogP contribution in [-0.2, 0) is 16.1 Å². The molecule has 4 aromatic rings. The number of allylic oxidation sites excluding steroid dienone is 1. The summed E-state index contributed by atoms with van der Waals surface area (Å²) in [5.41, 5.74) is 2.88. The van der Waals surface area contributed by atoms with E-state index in [-0.39, 0.29) is 23.8 Å². The number of ether oxygens (including phenoxy) is 4. The van der Waals surface area contributed by atoms with Crippen molar-refractivity contribution in [2.24, 2.45) is 4.99 Å². The van der Waals surface area contributed by atoms with Crippen molar-refractivity contribution < 1.29 is 23.7 Å². The summed E-state index contributed by atoms with van der Waals surface area (Å²) in [5, 5.41) is 0. The van der Waals surface area contributed by atoms with Crippen molar-refractivity contribution in [3.63, 3.8) is 0 Å². The molecule has 2 heterocycles. The Balaban J connectivity index is 1.66. The number of methoxy groups -OCH3 is 1. The lowest BCUT2D eigenvalue weighted by atomic mass is 9.95. The second-order valence-corrected chi connectivity index (χ2v) is 14.6. The van der Waals surface area contributed by atoms with Crippen LogP contribution in [0.5, 0.6) is 17.2 Å². The third-order valence-corrected chi connectivity index (χ3v) is 9.77. The Hall–Kier alpha value is -2.94. The molecule has 0 saturated heterocycles. The molecule has 1 aromatic heterocycles. The molecule has 5 rings (SSSR count). The lowest BCUT2D eigenvalue weighted by molar-refractivity contribution is -0.139. The van der Waals surface area contributed by atoms with Crippen molar-refractivity contribution in [2.75, 3.05) is 13.7 Å². The Bertz CT molecular complexity index is 2000. The van der Waals surface area contributed by atoms with Crippen LogP contribution in [0.3, 0.4) is 0 Å². The maximum absolute atomic E-state index is 14.3. The first-order chi connectivity index (χ1) is 22.0. The van der Waals surface area contributed by atoms with Crippen LogP contribution in [0.15, 0.2) is 84.6 Å². The summed E-state index contributed by atoms with van der Waals surface area (Å²) in [6, 6.07) is 16.4. The summed E-state index contributed by atoms with van der Waals surface area (Å²) >= 11 is 10.6. The van der Waals surface area contributed by atoms with E-state index in [9.17, 15) is 9.59 Å². The van der Waals surface area contributed by atoms with Crippen LogP contribution in [-0.4, -0.2) is 30.4 Å². The number of hydrogen-bond acceptors (Lipinski definition) is 8. The van der Waals surface area contributed by atoms with Gasteiger partial charge in [-0.15, -0.1) is 0 Å². The van der Waals surface area contributed by atoms with E-state index in [0.29, 0.717) is 44.4 Å². The van der Waals surface area contributed by atoms with Gasteiger partial charge in [-0.1, -0.05) is 61.4 Å². The highest BCUT2D eigenvalue weighted by molar-refractivity contribution is 14.1. The van der Waals surface area contributed by atoms with Crippen molar-refractivity contribution >= 4 is 77.8 Å². The van der Waals surface area contributed by atoms with Gasteiger partial charge >= 0.3 is 5.97 Å². The molecule has 0 aliphatic carbocycles. The molecule has 8 nitrogen and oxygen atoms in total. The molecule has 240 valence electrons. The number of benzene rings is 3. The van der Waals surface area contributed by atoms with Gasteiger partial charge in [0.05, 0.1) is 45.2 Å². The number of carbonyl (C=O) groups excluding carboxylic acids is 1. The standard InChI is InChI=1S/C34H31Br2IN2O6S/c1-6-43-33(41)29-19(4)38-34-39(30(29)21-9-12-26(45-18(2)3)27(14-21)42-5)32(40)28(46-34)15-22-13-24(36)16-25(37)31(22)44-17-20-7-10-23(35)11-8-20/h7-16,18,30H,6,17H2,1-5H3/b28-15+/t30-/m1/s1. The fraction of sp³-hybridized carbons (Fsp3) is 0.265. The molecule has 1 aliphatic heterocycles. The number of carbonyl (C=O) groups is 1. The average Bonchev–Trinajstić information content (AvgIpc) is 3.30. The van der Waals surface area contributed by atoms with Gasteiger partial charge in [0, 0.05) is 14.5 Å². The molecule has 1 atom stereocenters. The molecule has 3 aromatic carbocycles. The van der Waals surface area contributed by atoms with E-state index < -0.39 is 12.0 Å². The molecule has 0 bridgehead atoms. The number of thiazole rings is 1. The van der Waals surface area contributed by atoms with Gasteiger partial charge in [-0.05, 0) is 104 Å². The van der Waals surface area contributed by atoms with Crippen LogP contribution in [0.25, 0.3) is 6.08 Å². The van der Waals surface area contributed by atoms with E-state index in [4.69, 9.17) is 23.9 Å². The second-order valence-electron chi connectivity index (χ2n) is 10.6. The molecule has 0 saturated carbocycles. The summed E-state index contributed by atoms with van der Waals surface area (Å²) in [6.45, 7) is 7.90. The third kappa shape index (κ3) is 7.45. The minimum atomic E-state index is -0.796. The van der Waals surface area contributed by atoms with Gasteiger partial charge in [-0.2, -0.15) is 0 Å². The summed E-state index contributed by atoms with van der Waals surface area (Å²) in [6.07, 6.45) is 1.74. The van der Waals surface area contributed by atoms with E-state index in [0.717, 1.165) is 23.6 Å². The zero-order chi connectivity index (χ0) is 33.1. The molecule has 1 aliphatic rings. The fourth-order valence-electron chi connectivity index (χ4n) is 5.03. The number of esters is 1. The van der Waals surface area contributed by atoms with Crippen LogP contribution in [0.4, 0.5) is 0 Å². The monoisotopic (exact) mass is 880 g/mol. The molecule has 0 spiro atoms.